The fourth-order valence-corrected chi connectivity index (χ4v) is 2.34. The van der Waals surface area contributed by atoms with Crippen molar-refractivity contribution in [3.63, 3.8) is 0 Å². The highest BCUT2D eigenvalue weighted by molar-refractivity contribution is 5.95. The largest absolute Gasteiger partial charge is 0.504 e. The van der Waals surface area contributed by atoms with Crippen LogP contribution in [0.25, 0.3) is 12.2 Å². The molecular weight excluding hydrogens is 344 g/mol. The Morgan fingerprint density at radius 1 is 0.926 bits per heavy atom. The lowest BCUT2D eigenvalue weighted by atomic mass is 10.1. The molecule has 0 bridgehead atoms. The van der Waals surface area contributed by atoms with Crippen molar-refractivity contribution in [3.8, 4) is 23.0 Å². The van der Waals surface area contributed by atoms with E-state index < -0.39 is 0 Å². The summed E-state index contributed by atoms with van der Waals surface area (Å²) in [7, 11) is 2.95. The number of benzene rings is 2. The minimum Gasteiger partial charge on any atom is -0.504 e. The van der Waals surface area contributed by atoms with Gasteiger partial charge in [-0.3, -0.25) is 4.79 Å². The van der Waals surface area contributed by atoms with Gasteiger partial charge in [-0.1, -0.05) is 36.9 Å². The van der Waals surface area contributed by atoms with Crippen LogP contribution in [0.5, 0.6) is 23.0 Å². The molecular formula is C22H22O5. The van der Waals surface area contributed by atoms with Crippen molar-refractivity contribution < 1.29 is 24.5 Å². The van der Waals surface area contributed by atoms with Gasteiger partial charge in [-0.05, 0) is 47.0 Å². The first-order chi connectivity index (χ1) is 12.9. The monoisotopic (exact) mass is 366 g/mol. The third-order valence-corrected chi connectivity index (χ3v) is 3.78. The molecule has 0 heterocycles. The highest BCUT2D eigenvalue weighted by atomic mass is 16.5. The van der Waals surface area contributed by atoms with Gasteiger partial charge in [0, 0.05) is 6.42 Å². The Balaban J connectivity index is 1.96. The van der Waals surface area contributed by atoms with E-state index in [-0.39, 0.29) is 23.7 Å². The summed E-state index contributed by atoms with van der Waals surface area (Å²) in [6.45, 7) is 3.89. The van der Waals surface area contributed by atoms with Gasteiger partial charge in [-0.2, -0.15) is 0 Å². The predicted octanol–water partition coefficient (Wildman–Crippen LogP) is 4.36. The Labute approximate surface area is 158 Å². The zero-order valence-electron chi connectivity index (χ0n) is 15.3. The van der Waals surface area contributed by atoms with Crippen LogP contribution in [0, 0.1) is 0 Å². The van der Waals surface area contributed by atoms with Crippen LogP contribution in [0.4, 0.5) is 0 Å². The quantitative estimate of drug-likeness (QED) is 0.536. The number of ether oxygens (including phenoxy) is 2. The first-order valence-electron chi connectivity index (χ1n) is 8.23. The Bertz CT molecular complexity index is 820. The number of carbonyl (C=O) groups is 1. The average Bonchev–Trinajstić information content (AvgIpc) is 2.66. The lowest BCUT2D eigenvalue weighted by Gasteiger charge is -2.04. The van der Waals surface area contributed by atoms with Crippen LogP contribution in [-0.4, -0.2) is 30.2 Å². The maximum atomic E-state index is 12.1. The van der Waals surface area contributed by atoms with Crippen molar-refractivity contribution in [1.82, 2.24) is 0 Å². The highest BCUT2D eigenvalue weighted by Crippen LogP contribution is 2.27. The predicted molar refractivity (Wildman–Crippen MR) is 106 cm³/mol. The van der Waals surface area contributed by atoms with E-state index in [0.717, 1.165) is 11.1 Å². The third-order valence-electron chi connectivity index (χ3n) is 3.78. The van der Waals surface area contributed by atoms with Crippen molar-refractivity contribution in [2.24, 2.45) is 0 Å². The summed E-state index contributed by atoms with van der Waals surface area (Å²) in [5.74, 6) is 0.748. The maximum absolute atomic E-state index is 12.1. The molecule has 2 rings (SSSR count). The molecule has 0 aliphatic carbocycles. The minimum absolute atomic E-state index is 0.0466. The van der Waals surface area contributed by atoms with E-state index in [1.807, 2.05) is 0 Å². The van der Waals surface area contributed by atoms with Crippen LogP contribution < -0.4 is 9.47 Å². The molecule has 0 atom stereocenters. The first-order valence-corrected chi connectivity index (χ1v) is 8.23. The molecule has 0 aromatic heterocycles. The van der Waals surface area contributed by atoms with Gasteiger partial charge in [-0.15, -0.1) is 0 Å². The number of ketones is 1. The molecule has 5 heteroatoms. The molecule has 0 fully saturated rings. The summed E-state index contributed by atoms with van der Waals surface area (Å²) in [5.41, 5.74) is 2.22. The van der Waals surface area contributed by atoms with Crippen molar-refractivity contribution in [2.75, 3.05) is 14.2 Å². The van der Waals surface area contributed by atoms with Crippen LogP contribution in [0.2, 0.25) is 0 Å². The molecule has 0 aliphatic heterocycles. The first kappa shape index (κ1) is 19.8. The molecule has 0 spiro atoms. The summed E-state index contributed by atoms with van der Waals surface area (Å²) in [6, 6.07) is 9.82. The van der Waals surface area contributed by atoms with Crippen LogP contribution >= 0.6 is 0 Å². The van der Waals surface area contributed by atoms with Crippen LogP contribution in [-0.2, 0) is 4.79 Å². The van der Waals surface area contributed by atoms with Gasteiger partial charge < -0.3 is 19.7 Å². The number of phenols is 2. The number of hydrogen-bond donors (Lipinski definition) is 2. The van der Waals surface area contributed by atoms with Crippen molar-refractivity contribution in [3.05, 3.63) is 71.8 Å². The summed E-state index contributed by atoms with van der Waals surface area (Å²) >= 11 is 0. The Kier molecular flexibility index (Phi) is 6.83. The summed E-state index contributed by atoms with van der Waals surface area (Å²) < 4.78 is 10.1. The SMILES string of the molecule is C=C(/C=C/c1ccc(O)c(OC)c1)CC(=O)/C=C/c1ccc(O)c(OC)c1. The van der Waals surface area contributed by atoms with Gasteiger partial charge in [-0.25, -0.2) is 0 Å². The molecule has 2 N–H and O–H groups in total. The Morgan fingerprint density at radius 2 is 1.41 bits per heavy atom. The van der Waals surface area contributed by atoms with E-state index in [2.05, 4.69) is 6.58 Å². The van der Waals surface area contributed by atoms with Gasteiger partial charge in [0.1, 0.15) is 0 Å². The zero-order valence-corrected chi connectivity index (χ0v) is 15.3. The molecule has 0 aliphatic rings. The molecule has 0 unspecified atom stereocenters. The van der Waals surface area contributed by atoms with E-state index >= 15 is 0 Å². The van der Waals surface area contributed by atoms with E-state index in [0.29, 0.717) is 17.1 Å². The highest BCUT2D eigenvalue weighted by Gasteiger charge is 2.03. The lowest BCUT2D eigenvalue weighted by molar-refractivity contribution is -0.113. The van der Waals surface area contributed by atoms with Gasteiger partial charge in [0.2, 0.25) is 0 Å². The molecule has 0 amide bonds. The smallest absolute Gasteiger partial charge is 0.161 e. The van der Waals surface area contributed by atoms with Gasteiger partial charge >= 0.3 is 0 Å². The molecule has 5 nitrogen and oxygen atoms in total. The molecule has 0 radical (unpaired) electrons. The maximum Gasteiger partial charge on any atom is 0.161 e. The zero-order chi connectivity index (χ0) is 19.8. The van der Waals surface area contributed by atoms with Crippen LogP contribution in [0.3, 0.4) is 0 Å². The number of phenolic OH excluding ortho intramolecular Hbond substituents is 2. The molecule has 27 heavy (non-hydrogen) atoms. The number of allylic oxidation sites excluding steroid dienone is 3. The third kappa shape index (κ3) is 5.78. The van der Waals surface area contributed by atoms with Crippen molar-refractivity contribution in [2.45, 2.75) is 6.42 Å². The van der Waals surface area contributed by atoms with Crippen LogP contribution in [0.15, 0.2) is 60.7 Å². The number of hydrogen-bond acceptors (Lipinski definition) is 5. The van der Waals surface area contributed by atoms with Crippen molar-refractivity contribution >= 4 is 17.9 Å². The average molecular weight is 366 g/mol. The number of aromatic hydroxyl groups is 2. The molecule has 140 valence electrons. The molecule has 0 saturated carbocycles. The van der Waals surface area contributed by atoms with Crippen LogP contribution in [0.1, 0.15) is 17.5 Å². The Morgan fingerprint density at radius 3 is 1.89 bits per heavy atom. The fourth-order valence-electron chi connectivity index (χ4n) is 2.34. The van der Waals surface area contributed by atoms with Crippen molar-refractivity contribution in [1.29, 1.82) is 0 Å². The Hall–Kier alpha value is -3.47. The number of rotatable bonds is 8. The number of methoxy groups -OCH3 is 2. The van der Waals surface area contributed by atoms with Gasteiger partial charge in [0.05, 0.1) is 14.2 Å². The second-order valence-electron chi connectivity index (χ2n) is 5.83. The fraction of sp³-hybridized carbons (Fsp3) is 0.136. The second kappa shape index (κ2) is 9.29. The lowest BCUT2D eigenvalue weighted by Crippen LogP contribution is -1.93. The summed E-state index contributed by atoms with van der Waals surface area (Å²) in [4.78, 5) is 12.1. The van der Waals surface area contributed by atoms with E-state index in [1.54, 1.807) is 48.6 Å². The second-order valence-corrected chi connectivity index (χ2v) is 5.83. The summed E-state index contributed by atoms with van der Waals surface area (Å²) in [5, 5.41) is 19.2. The van der Waals surface area contributed by atoms with Gasteiger partial charge in [0.15, 0.2) is 28.8 Å². The van der Waals surface area contributed by atoms with E-state index in [1.165, 1.54) is 26.4 Å². The molecule has 2 aromatic carbocycles. The summed E-state index contributed by atoms with van der Waals surface area (Å²) in [6.07, 6.45) is 6.85. The van der Waals surface area contributed by atoms with E-state index in [4.69, 9.17) is 9.47 Å². The molecule has 2 aromatic rings. The topological polar surface area (TPSA) is 76.0 Å². The van der Waals surface area contributed by atoms with E-state index in [9.17, 15) is 15.0 Å². The van der Waals surface area contributed by atoms with Gasteiger partial charge in [0.25, 0.3) is 0 Å². The standard InChI is InChI=1S/C22H22O5/c1-15(4-5-16-7-10-19(24)21(13-16)26-2)12-18(23)9-6-17-8-11-20(25)22(14-17)27-3/h4-11,13-14,24-25H,1,12H2,2-3H3/b5-4+,9-6+. The molecule has 0 saturated heterocycles. The minimum atomic E-state index is -0.0972. The number of carbonyl (C=O) groups excluding carboxylic acids is 1. The normalized spacial score (nSPS) is 11.0.